The van der Waals surface area contributed by atoms with E-state index in [4.69, 9.17) is 5.11 Å². The number of aliphatic carboxylic acids is 1. The highest BCUT2D eigenvalue weighted by Gasteiger charge is 2.65. The molecule has 4 rings (SSSR count). The molecule has 0 aromatic heterocycles. The van der Waals surface area contributed by atoms with Crippen LogP contribution < -0.4 is 10.6 Å². The third-order valence-corrected chi connectivity index (χ3v) is 5.93. The van der Waals surface area contributed by atoms with Crippen molar-refractivity contribution in [2.45, 2.75) is 38.1 Å². The van der Waals surface area contributed by atoms with Crippen molar-refractivity contribution in [1.82, 2.24) is 10.6 Å². The third kappa shape index (κ3) is 1.66. The van der Waals surface area contributed by atoms with E-state index in [9.17, 15) is 9.59 Å². The normalized spacial score (nSPS) is 43.5. The van der Waals surface area contributed by atoms with Gasteiger partial charge in [0.05, 0.1) is 5.41 Å². The molecule has 0 radical (unpaired) electrons. The van der Waals surface area contributed by atoms with Gasteiger partial charge >= 0.3 is 12.0 Å². The molecule has 4 aliphatic carbocycles. The lowest BCUT2D eigenvalue weighted by Crippen LogP contribution is -2.42. The average Bonchev–Trinajstić information content (AvgIpc) is 3.23. The molecule has 5 heteroatoms. The number of carbonyl (C=O) groups excluding carboxylic acids is 1. The fraction of sp³-hybridized carbons (Fsp3) is 0.857. The van der Waals surface area contributed by atoms with Crippen LogP contribution in [-0.4, -0.2) is 29.7 Å². The molecular formula is C14H20N2O3. The van der Waals surface area contributed by atoms with E-state index >= 15 is 0 Å². The SMILES string of the molecule is O=C(NCC1(C(=O)O)CC1)NC1C2C3CCC(C3)C12. The lowest BCUT2D eigenvalue weighted by molar-refractivity contribution is -0.143. The van der Waals surface area contributed by atoms with Crippen LogP contribution in [0.2, 0.25) is 0 Å². The number of carboxylic acid groups (broad SMARTS) is 1. The van der Waals surface area contributed by atoms with E-state index in [2.05, 4.69) is 10.6 Å². The minimum absolute atomic E-state index is 0.175. The van der Waals surface area contributed by atoms with E-state index in [0.717, 1.165) is 23.7 Å². The summed E-state index contributed by atoms with van der Waals surface area (Å²) in [5.74, 6) is 2.34. The van der Waals surface area contributed by atoms with Gasteiger partial charge in [-0.05, 0) is 55.8 Å². The Morgan fingerprint density at radius 1 is 1.16 bits per heavy atom. The van der Waals surface area contributed by atoms with Crippen LogP contribution in [0.3, 0.4) is 0 Å². The maximum atomic E-state index is 11.8. The lowest BCUT2D eigenvalue weighted by atomic mass is 10.0. The summed E-state index contributed by atoms with van der Waals surface area (Å²) in [6, 6.07) is 0.192. The van der Waals surface area contributed by atoms with Gasteiger partial charge in [0.2, 0.25) is 0 Å². The van der Waals surface area contributed by atoms with Crippen LogP contribution in [-0.2, 0) is 4.79 Å². The third-order valence-electron chi connectivity index (χ3n) is 5.93. The first-order valence-electron chi connectivity index (χ1n) is 7.38. The number of hydrogen-bond donors (Lipinski definition) is 3. The second-order valence-electron chi connectivity index (χ2n) is 6.93. The number of amides is 2. The Labute approximate surface area is 112 Å². The first-order chi connectivity index (χ1) is 9.11. The molecule has 2 amide bonds. The molecule has 5 nitrogen and oxygen atoms in total. The standard InChI is InChI=1S/C14H20N2O3/c17-12(18)14(3-4-14)6-15-13(19)16-11-9-7-1-2-8(5-7)10(9)11/h7-11H,1-6H2,(H,17,18)(H2,15,16,19). The van der Waals surface area contributed by atoms with Gasteiger partial charge in [0.25, 0.3) is 0 Å². The van der Waals surface area contributed by atoms with E-state index < -0.39 is 11.4 Å². The molecule has 3 N–H and O–H groups in total. The summed E-state index contributed by atoms with van der Waals surface area (Å²) < 4.78 is 0. The maximum absolute atomic E-state index is 11.8. The highest BCUT2D eigenvalue weighted by molar-refractivity contribution is 5.80. The van der Waals surface area contributed by atoms with Crippen molar-refractivity contribution in [1.29, 1.82) is 0 Å². The molecule has 0 aromatic carbocycles. The molecule has 0 spiro atoms. The van der Waals surface area contributed by atoms with Gasteiger partial charge in [0.1, 0.15) is 0 Å². The summed E-state index contributed by atoms with van der Waals surface area (Å²) >= 11 is 0. The zero-order valence-electron chi connectivity index (χ0n) is 10.9. The molecule has 0 aromatic rings. The minimum atomic E-state index is -0.783. The van der Waals surface area contributed by atoms with Crippen molar-refractivity contribution < 1.29 is 14.7 Å². The van der Waals surface area contributed by atoms with Crippen LogP contribution in [0, 0.1) is 29.1 Å². The van der Waals surface area contributed by atoms with E-state index in [0.29, 0.717) is 18.9 Å². The van der Waals surface area contributed by atoms with Gasteiger partial charge in [-0.2, -0.15) is 0 Å². The van der Waals surface area contributed by atoms with E-state index in [1.54, 1.807) is 0 Å². The fourth-order valence-corrected chi connectivity index (χ4v) is 4.59. The highest BCUT2D eigenvalue weighted by atomic mass is 16.4. The van der Waals surface area contributed by atoms with Crippen LogP contribution in [0.1, 0.15) is 32.1 Å². The predicted octanol–water partition coefficient (Wildman–Crippen LogP) is 1.19. The number of nitrogens with one attached hydrogen (secondary N) is 2. The summed E-state index contributed by atoms with van der Waals surface area (Å²) in [5.41, 5.74) is -0.671. The van der Waals surface area contributed by atoms with E-state index in [-0.39, 0.29) is 12.6 Å². The molecule has 0 aliphatic heterocycles. The van der Waals surface area contributed by atoms with E-state index in [1.165, 1.54) is 19.3 Å². The second kappa shape index (κ2) is 3.64. The highest BCUT2D eigenvalue weighted by Crippen LogP contribution is 2.65. The quantitative estimate of drug-likeness (QED) is 0.714. The topological polar surface area (TPSA) is 78.4 Å². The Bertz CT molecular complexity index is 430. The Balaban J connectivity index is 1.26. The smallest absolute Gasteiger partial charge is 0.315 e. The van der Waals surface area contributed by atoms with Gasteiger partial charge in [-0.3, -0.25) is 4.79 Å². The summed E-state index contributed by atoms with van der Waals surface area (Å²) in [5, 5.41) is 14.8. The first kappa shape index (κ1) is 11.6. The zero-order chi connectivity index (χ0) is 13.2. The van der Waals surface area contributed by atoms with Crippen molar-refractivity contribution in [2.75, 3.05) is 6.54 Å². The Morgan fingerprint density at radius 3 is 2.32 bits per heavy atom. The first-order valence-corrected chi connectivity index (χ1v) is 7.38. The fourth-order valence-electron chi connectivity index (χ4n) is 4.59. The molecule has 4 aliphatic rings. The van der Waals surface area contributed by atoms with Crippen molar-refractivity contribution in [3.8, 4) is 0 Å². The molecule has 4 fully saturated rings. The Morgan fingerprint density at radius 2 is 1.79 bits per heavy atom. The lowest BCUT2D eigenvalue weighted by Gasteiger charge is -2.14. The van der Waals surface area contributed by atoms with Crippen LogP contribution in [0.15, 0.2) is 0 Å². The van der Waals surface area contributed by atoms with Crippen LogP contribution in [0.25, 0.3) is 0 Å². The van der Waals surface area contributed by atoms with Crippen LogP contribution in [0.4, 0.5) is 4.79 Å². The summed E-state index contributed by atoms with van der Waals surface area (Å²) in [6.45, 7) is 0.267. The van der Waals surface area contributed by atoms with Crippen LogP contribution >= 0.6 is 0 Å². The minimum Gasteiger partial charge on any atom is -0.481 e. The van der Waals surface area contributed by atoms with Gasteiger partial charge in [-0.1, -0.05) is 0 Å². The zero-order valence-corrected chi connectivity index (χ0v) is 10.9. The molecule has 0 heterocycles. The largest absolute Gasteiger partial charge is 0.481 e. The number of hydrogen-bond acceptors (Lipinski definition) is 2. The number of urea groups is 1. The van der Waals surface area contributed by atoms with Gasteiger partial charge in [-0.25, -0.2) is 4.79 Å². The second-order valence-corrected chi connectivity index (χ2v) is 6.93. The average molecular weight is 264 g/mol. The summed E-state index contributed by atoms with van der Waals surface area (Å²) in [4.78, 5) is 22.9. The molecule has 104 valence electrons. The van der Waals surface area contributed by atoms with Gasteiger partial charge in [-0.15, -0.1) is 0 Å². The number of carbonyl (C=O) groups is 2. The molecule has 2 bridgehead atoms. The Hall–Kier alpha value is -1.26. The predicted molar refractivity (Wildman–Crippen MR) is 67.4 cm³/mol. The molecular weight excluding hydrogens is 244 g/mol. The molecule has 4 atom stereocenters. The number of carboxylic acids is 1. The Kier molecular flexibility index (Phi) is 2.22. The van der Waals surface area contributed by atoms with E-state index in [1.807, 2.05) is 0 Å². The monoisotopic (exact) mass is 264 g/mol. The molecule has 4 saturated carbocycles. The van der Waals surface area contributed by atoms with Crippen molar-refractivity contribution in [2.24, 2.45) is 29.1 Å². The molecule has 0 saturated heterocycles. The van der Waals surface area contributed by atoms with Crippen LogP contribution in [0.5, 0.6) is 0 Å². The summed E-state index contributed by atoms with van der Waals surface area (Å²) in [7, 11) is 0. The number of rotatable bonds is 4. The number of fused-ring (bicyclic) bond motifs is 5. The van der Waals surface area contributed by atoms with Gasteiger partial charge in [0, 0.05) is 12.6 Å². The van der Waals surface area contributed by atoms with Crippen molar-refractivity contribution >= 4 is 12.0 Å². The van der Waals surface area contributed by atoms with Crippen molar-refractivity contribution in [3.63, 3.8) is 0 Å². The molecule has 4 unspecified atom stereocenters. The summed E-state index contributed by atoms with van der Waals surface area (Å²) in [6.07, 6.45) is 5.42. The van der Waals surface area contributed by atoms with Gasteiger partial charge < -0.3 is 15.7 Å². The molecule has 19 heavy (non-hydrogen) atoms. The maximum Gasteiger partial charge on any atom is 0.315 e. The van der Waals surface area contributed by atoms with Crippen molar-refractivity contribution in [3.05, 3.63) is 0 Å². The van der Waals surface area contributed by atoms with Gasteiger partial charge in [0.15, 0.2) is 0 Å².